The number of nitrogens with zero attached hydrogens (tertiary/aromatic N) is 1. The van der Waals surface area contributed by atoms with Crippen molar-refractivity contribution in [3.8, 4) is 5.75 Å². The normalized spacial score (nSPS) is 14.0. The second-order valence-corrected chi connectivity index (χ2v) is 6.87. The van der Waals surface area contributed by atoms with Crippen LogP contribution >= 0.6 is 0 Å². The van der Waals surface area contributed by atoms with E-state index in [-0.39, 0.29) is 10.7 Å². The molecule has 2 aromatic rings. The minimum absolute atomic E-state index is 0.202. The van der Waals surface area contributed by atoms with Crippen LogP contribution in [0.5, 0.6) is 5.75 Å². The smallest absolute Gasteiger partial charge is 0.264 e. The highest BCUT2D eigenvalue weighted by molar-refractivity contribution is 7.92. The predicted octanol–water partition coefficient (Wildman–Crippen LogP) is 2.98. The first-order chi connectivity index (χ1) is 10.5. The van der Waals surface area contributed by atoms with Gasteiger partial charge in [0.15, 0.2) is 0 Å². The predicted molar refractivity (Wildman–Crippen MR) is 82.2 cm³/mol. The van der Waals surface area contributed by atoms with E-state index in [1.54, 1.807) is 12.1 Å². The van der Waals surface area contributed by atoms with Gasteiger partial charge in [-0.25, -0.2) is 12.8 Å². The van der Waals surface area contributed by atoms with E-state index in [0.717, 1.165) is 5.56 Å². The molecule has 2 aromatic carbocycles. The number of benzene rings is 2. The molecule has 0 atom stereocenters. The fourth-order valence-electron chi connectivity index (χ4n) is 2.59. The van der Waals surface area contributed by atoms with E-state index >= 15 is 0 Å². The summed E-state index contributed by atoms with van der Waals surface area (Å²) in [6, 6.07) is 10.5. The molecule has 0 spiro atoms. The van der Waals surface area contributed by atoms with E-state index in [2.05, 4.69) is 0 Å². The standard InChI is InChI=1S/C16H16FNO3S/c1-2-21-14-4-6-15(7-5-14)22(19,20)18-10-9-12-11-13(17)3-8-16(12)18/h3-8,11H,2,9-10H2,1H3. The van der Waals surface area contributed by atoms with Gasteiger partial charge in [-0.1, -0.05) is 0 Å². The molecule has 0 aromatic heterocycles. The van der Waals surface area contributed by atoms with E-state index in [1.165, 1.54) is 34.6 Å². The zero-order valence-electron chi connectivity index (χ0n) is 12.1. The van der Waals surface area contributed by atoms with Crippen molar-refractivity contribution in [2.75, 3.05) is 17.5 Å². The number of hydrogen-bond donors (Lipinski definition) is 0. The fourth-order valence-corrected chi connectivity index (χ4v) is 4.09. The summed E-state index contributed by atoms with van der Waals surface area (Å²) in [6.07, 6.45) is 0.517. The monoisotopic (exact) mass is 321 g/mol. The lowest BCUT2D eigenvalue weighted by atomic mass is 10.2. The van der Waals surface area contributed by atoms with E-state index in [4.69, 9.17) is 4.74 Å². The molecular formula is C16H16FNO3S. The number of anilines is 1. The van der Waals surface area contributed by atoms with Gasteiger partial charge in [0, 0.05) is 6.54 Å². The lowest BCUT2D eigenvalue weighted by Gasteiger charge is -2.19. The summed E-state index contributed by atoms with van der Waals surface area (Å²) in [6.45, 7) is 2.72. The van der Waals surface area contributed by atoms with Crippen molar-refractivity contribution in [3.63, 3.8) is 0 Å². The van der Waals surface area contributed by atoms with Gasteiger partial charge in [0.05, 0.1) is 17.2 Å². The quantitative estimate of drug-likeness (QED) is 0.870. The summed E-state index contributed by atoms with van der Waals surface area (Å²) < 4.78 is 45.4. The third-order valence-electron chi connectivity index (χ3n) is 3.62. The van der Waals surface area contributed by atoms with Crippen LogP contribution in [0.15, 0.2) is 47.4 Å². The molecule has 0 unspecified atom stereocenters. The number of hydrogen-bond acceptors (Lipinski definition) is 3. The first kappa shape index (κ1) is 14.8. The van der Waals surface area contributed by atoms with Crippen LogP contribution in [0.3, 0.4) is 0 Å². The van der Waals surface area contributed by atoms with E-state index in [1.807, 2.05) is 6.92 Å². The van der Waals surface area contributed by atoms with E-state index < -0.39 is 10.0 Å². The molecular weight excluding hydrogens is 305 g/mol. The van der Waals surface area contributed by atoms with Crippen LogP contribution in [-0.2, 0) is 16.4 Å². The van der Waals surface area contributed by atoms with Crippen molar-refractivity contribution in [3.05, 3.63) is 53.8 Å². The van der Waals surface area contributed by atoms with Crippen molar-refractivity contribution in [1.82, 2.24) is 0 Å². The second kappa shape index (κ2) is 5.61. The zero-order valence-corrected chi connectivity index (χ0v) is 12.9. The van der Waals surface area contributed by atoms with Crippen LogP contribution in [0.4, 0.5) is 10.1 Å². The molecule has 1 heterocycles. The van der Waals surface area contributed by atoms with Gasteiger partial charge in [-0.2, -0.15) is 0 Å². The maximum atomic E-state index is 13.2. The maximum Gasteiger partial charge on any atom is 0.264 e. The Balaban J connectivity index is 1.95. The highest BCUT2D eigenvalue weighted by Crippen LogP contribution is 2.33. The molecule has 0 N–H and O–H groups in total. The van der Waals surface area contributed by atoms with Crippen LogP contribution in [0.25, 0.3) is 0 Å². The average molecular weight is 321 g/mol. The lowest BCUT2D eigenvalue weighted by Crippen LogP contribution is -2.29. The summed E-state index contributed by atoms with van der Waals surface area (Å²) in [7, 11) is -3.64. The largest absolute Gasteiger partial charge is 0.494 e. The first-order valence-electron chi connectivity index (χ1n) is 7.06. The highest BCUT2D eigenvalue weighted by Gasteiger charge is 2.30. The molecule has 0 bridgehead atoms. The molecule has 116 valence electrons. The van der Waals surface area contributed by atoms with Gasteiger partial charge in [-0.3, -0.25) is 4.31 Å². The Morgan fingerprint density at radius 2 is 1.91 bits per heavy atom. The minimum atomic E-state index is -3.64. The molecule has 22 heavy (non-hydrogen) atoms. The fraction of sp³-hybridized carbons (Fsp3) is 0.250. The Hall–Kier alpha value is -2.08. The van der Waals surface area contributed by atoms with Gasteiger partial charge >= 0.3 is 0 Å². The van der Waals surface area contributed by atoms with Crippen molar-refractivity contribution < 1.29 is 17.5 Å². The Bertz CT molecular complexity index is 788. The minimum Gasteiger partial charge on any atom is -0.494 e. The Kier molecular flexibility index (Phi) is 3.78. The number of ether oxygens (including phenoxy) is 1. The van der Waals surface area contributed by atoms with Gasteiger partial charge in [-0.05, 0) is 61.4 Å². The van der Waals surface area contributed by atoms with Crippen LogP contribution in [0, 0.1) is 5.82 Å². The van der Waals surface area contributed by atoms with E-state index in [0.29, 0.717) is 31.0 Å². The van der Waals surface area contributed by atoms with Crippen molar-refractivity contribution in [1.29, 1.82) is 0 Å². The highest BCUT2D eigenvalue weighted by atomic mass is 32.2. The zero-order chi connectivity index (χ0) is 15.7. The molecule has 3 rings (SSSR count). The third-order valence-corrected chi connectivity index (χ3v) is 5.44. The SMILES string of the molecule is CCOc1ccc(S(=O)(=O)N2CCc3cc(F)ccc32)cc1. The summed E-state index contributed by atoms with van der Waals surface area (Å²) in [5.41, 5.74) is 1.27. The van der Waals surface area contributed by atoms with Crippen LogP contribution in [-0.4, -0.2) is 21.6 Å². The molecule has 0 fully saturated rings. The number of halogens is 1. The van der Waals surface area contributed by atoms with Gasteiger partial charge in [0.25, 0.3) is 10.0 Å². The molecule has 0 radical (unpaired) electrons. The van der Waals surface area contributed by atoms with Crippen LogP contribution in [0.1, 0.15) is 12.5 Å². The molecule has 1 aliphatic heterocycles. The van der Waals surface area contributed by atoms with E-state index in [9.17, 15) is 12.8 Å². The second-order valence-electron chi connectivity index (χ2n) is 5.00. The number of fused-ring (bicyclic) bond motifs is 1. The third kappa shape index (κ3) is 2.54. The lowest BCUT2D eigenvalue weighted by molar-refractivity contribution is 0.340. The van der Waals surface area contributed by atoms with Gasteiger partial charge in [0.2, 0.25) is 0 Å². The summed E-state index contributed by atoms with van der Waals surface area (Å²) in [5, 5.41) is 0. The van der Waals surface area contributed by atoms with Crippen molar-refractivity contribution in [2.45, 2.75) is 18.2 Å². The Labute approximate surface area is 129 Å². The van der Waals surface area contributed by atoms with Gasteiger partial charge in [-0.15, -0.1) is 0 Å². The summed E-state index contributed by atoms with van der Waals surface area (Å²) in [5.74, 6) is 0.282. The molecule has 0 amide bonds. The van der Waals surface area contributed by atoms with Gasteiger partial charge < -0.3 is 4.74 Å². The Morgan fingerprint density at radius 1 is 1.18 bits per heavy atom. The topological polar surface area (TPSA) is 46.6 Å². The molecule has 1 aliphatic rings. The summed E-state index contributed by atoms with van der Waals surface area (Å²) >= 11 is 0. The maximum absolute atomic E-state index is 13.2. The number of rotatable bonds is 4. The molecule has 0 saturated carbocycles. The molecule has 0 aliphatic carbocycles. The molecule has 4 nitrogen and oxygen atoms in total. The van der Waals surface area contributed by atoms with Crippen LogP contribution < -0.4 is 9.04 Å². The van der Waals surface area contributed by atoms with Crippen molar-refractivity contribution in [2.24, 2.45) is 0 Å². The average Bonchev–Trinajstić information content (AvgIpc) is 2.92. The van der Waals surface area contributed by atoms with Gasteiger partial charge in [0.1, 0.15) is 11.6 Å². The molecule has 0 saturated heterocycles. The molecule has 6 heteroatoms. The van der Waals surface area contributed by atoms with Crippen molar-refractivity contribution >= 4 is 15.7 Å². The number of sulfonamides is 1. The van der Waals surface area contributed by atoms with Crippen LogP contribution in [0.2, 0.25) is 0 Å². The first-order valence-corrected chi connectivity index (χ1v) is 8.50. The Morgan fingerprint density at radius 3 is 2.59 bits per heavy atom. The summed E-state index contributed by atoms with van der Waals surface area (Å²) in [4.78, 5) is 0.202.